The first kappa shape index (κ1) is 14.2. The lowest BCUT2D eigenvalue weighted by Crippen LogP contribution is -2.27. The quantitative estimate of drug-likeness (QED) is 0.647. The highest BCUT2D eigenvalue weighted by Crippen LogP contribution is 2.22. The Labute approximate surface area is 107 Å². The van der Waals surface area contributed by atoms with E-state index in [9.17, 15) is 9.59 Å². The minimum absolute atomic E-state index is 0.130. The highest BCUT2D eigenvalue weighted by atomic mass is 16.6. The number of hydrogen-bond acceptors (Lipinski definition) is 4. The molecule has 0 bridgehead atoms. The zero-order valence-electron chi connectivity index (χ0n) is 11.1. The molecule has 0 aliphatic heterocycles. The second kappa shape index (κ2) is 5.21. The minimum Gasteiger partial charge on any atom is -0.508 e. The van der Waals surface area contributed by atoms with E-state index in [0.29, 0.717) is 5.56 Å². The van der Waals surface area contributed by atoms with Crippen molar-refractivity contribution in [1.29, 1.82) is 0 Å². The second-order valence-electron chi connectivity index (χ2n) is 5.27. The van der Waals surface area contributed by atoms with E-state index in [1.807, 2.05) is 0 Å². The van der Waals surface area contributed by atoms with Crippen molar-refractivity contribution in [1.82, 2.24) is 0 Å². The number of hydrogen-bond donors (Lipinski definition) is 1. The Hall–Kier alpha value is -1.84. The van der Waals surface area contributed by atoms with Gasteiger partial charge >= 0.3 is 11.9 Å². The molecule has 0 aliphatic carbocycles. The van der Waals surface area contributed by atoms with Crippen molar-refractivity contribution >= 4 is 11.9 Å². The molecule has 1 rings (SSSR count). The molecule has 1 atom stereocenters. The lowest BCUT2D eigenvalue weighted by molar-refractivity contribution is -0.166. The number of aromatic hydroxyl groups is 1. The van der Waals surface area contributed by atoms with Gasteiger partial charge in [0, 0.05) is 0 Å². The van der Waals surface area contributed by atoms with Crippen LogP contribution in [0.5, 0.6) is 5.75 Å². The van der Waals surface area contributed by atoms with Gasteiger partial charge in [0.15, 0.2) is 0 Å². The maximum atomic E-state index is 11.8. The molecule has 1 aromatic rings. The summed E-state index contributed by atoms with van der Waals surface area (Å²) in [5, 5.41) is 9.16. The van der Waals surface area contributed by atoms with Crippen LogP contribution >= 0.6 is 0 Å². The van der Waals surface area contributed by atoms with E-state index in [0.717, 1.165) is 0 Å². The van der Waals surface area contributed by atoms with Crippen molar-refractivity contribution in [3.05, 3.63) is 29.8 Å². The molecular weight excluding hydrogens is 232 g/mol. The van der Waals surface area contributed by atoms with Gasteiger partial charge in [0.1, 0.15) is 5.75 Å². The van der Waals surface area contributed by atoms with Crippen molar-refractivity contribution in [2.24, 2.45) is 5.41 Å². The van der Waals surface area contributed by atoms with Gasteiger partial charge < -0.3 is 9.84 Å². The predicted molar refractivity (Wildman–Crippen MR) is 67.1 cm³/mol. The van der Waals surface area contributed by atoms with Crippen LogP contribution in [0.3, 0.4) is 0 Å². The number of rotatable bonds is 2. The molecule has 0 saturated heterocycles. The molecule has 0 saturated carbocycles. The van der Waals surface area contributed by atoms with Gasteiger partial charge in [-0.1, -0.05) is 12.1 Å². The Morgan fingerprint density at radius 2 is 1.67 bits per heavy atom. The number of benzene rings is 1. The number of phenolic OH excluding ortho intramolecular Hbond substituents is 1. The maximum Gasteiger partial charge on any atom is 0.320 e. The summed E-state index contributed by atoms with van der Waals surface area (Å²) in [5.74, 6) is -1.54. The fourth-order valence-electron chi connectivity index (χ4n) is 1.23. The summed E-state index contributed by atoms with van der Waals surface area (Å²) in [6.45, 7) is 6.72. The molecule has 0 spiro atoms. The van der Waals surface area contributed by atoms with Gasteiger partial charge in [0.2, 0.25) is 0 Å². The van der Waals surface area contributed by atoms with Crippen molar-refractivity contribution in [2.45, 2.75) is 33.6 Å². The van der Waals surface area contributed by atoms with Crippen LogP contribution in [-0.2, 0) is 14.3 Å². The van der Waals surface area contributed by atoms with Gasteiger partial charge in [0.25, 0.3) is 0 Å². The Balaban J connectivity index is 2.73. The van der Waals surface area contributed by atoms with E-state index in [-0.39, 0.29) is 5.75 Å². The second-order valence-corrected chi connectivity index (χ2v) is 5.27. The fraction of sp³-hybridized carbons (Fsp3) is 0.429. The van der Waals surface area contributed by atoms with Crippen LogP contribution in [0, 0.1) is 5.41 Å². The third kappa shape index (κ3) is 3.58. The van der Waals surface area contributed by atoms with Crippen LogP contribution in [0.1, 0.15) is 39.2 Å². The standard InChI is InChI=1S/C14H18O4/c1-9(10-5-7-11(15)8-6-10)12(16)18-13(17)14(2,3)4/h5-9,15H,1-4H3. The maximum absolute atomic E-state index is 11.8. The van der Waals surface area contributed by atoms with Crippen LogP contribution < -0.4 is 0 Å². The summed E-state index contributed by atoms with van der Waals surface area (Å²) in [7, 11) is 0. The number of carbonyl (C=O) groups excluding carboxylic acids is 2. The summed E-state index contributed by atoms with van der Waals surface area (Å²) in [6, 6.07) is 6.24. The molecule has 0 heterocycles. The van der Waals surface area contributed by atoms with Gasteiger partial charge in [-0.25, -0.2) is 0 Å². The molecular formula is C14H18O4. The molecule has 98 valence electrons. The topological polar surface area (TPSA) is 63.6 Å². The molecule has 1 unspecified atom stereocenters. The molecule has 4 heteroatoms. The lowest BCUT2D eigenvalue weighted by atomic mass is 9.97. The summed E-state index contributed by atoms with van der Waals surface area (Å²) in [4.78, 5) is 23.4. The highest BCUT2D eigenvalue weighted by Gasteiger charge is 2.28. The van der Waals surface area contributed by atoms with E-state index in [1.165, 1.54) is 12.1 Å². The number of esters is 2. The van der Waals surface area contributed by atoms with E-state index < -0.39 is 23.3 Å². The Morgan fingerprint density at radius 3 is 2.11 bits per heavy atom. The summed E-state index contributed by atoms with van der Waals surface area (Å²) in [5.41, 5.74) is -0.0100. The molecule has 18 heavy (non-hydrogen) atoms. The Bertz CT molecular complexity index is 440. The predicted octanol–water partition coefficient (Wildman–Crippen LogP) is 2.61. The van der Waals surface area contributed by atoms with Crippen LogP contribution in [0.15, 0.2) is 24.3 Å². The van der Waals surface area contributed by atoms with Crippen LogP contribution in [0.25, 0.3) is 0 Å². The van der Waals surface area contributed by atoms with Gasteiger partial charge in [-0.3, -0.25) is 9.59 Å². The van der Waals surface area contributed by atoms with Crippen molar-refractivity contribution in [3.63, 3.8) is 0 Å². The first-order valence-corrected chi connectivity index (χ1v) is 5.77. The third-order valence-electron chi connectivity index (χ3n) is 2.55. The van der Waals surface area contributed by atoms with Crippen LogP contribution in [-0.4, -0.2) is 17.0 Å². The number of ether oxygens (including phenoxy) is 1. The normalized spacial score (nSPS) is 12.9. The van der Waals surface area contributed by atoms with E-state index in [2.05, 4.69) is 0 Å². The molecule has 4 nitrogen and oxygen atoms in total. The average Bonchev–Trinajstić information content (AvgIpc) is 2.27. The molecule has 1 aromatic carbocycles. The molecule has 0 radical (unpaired) electrons. The SMILES string of the molecule is CC(C(=O)OC(=O)C(C)(C)C)c1ccc(O)cc1. The molecule has 1 N–H and O–H groups in total. The van der Waals surface area contributed by atoms with Crippen LogP contribution in [0.2, 0.25) is 0 Å². The summed E-state index contributed by atoms with van der Waals surface area (Å²) < 4.78 is 4.82. The summed E-state index contributed by atoms with van der Waals surface area (Å²) in [6.07, 6.45) is 0. The van der Waals surface area contributed by atoms with Crippen molar-refractivity contribution in [2.75, 3.05) is 0 Å². The van der Waals surface area contributed by atoms with E-state index in [1.54, 1.807) is 39.8 Å². The van der Waals surface area contributed by atoms with Crippen molar-refractivity contribution in [3.8, 4) is 5.75 Å². The first-order valence-electron chi connectivity index (χ1n) is 5.77. The van der Waals surface area contributed by atoms with Gasteiger partial charge in [-0.05, 0) is 45.4 Å². The Morgan fingerprint density at radius 1 is 1.17 bits per heavy atom. The lowest BCUT2D eigenvalue weighted by Gasteiger charge is -2.17. The number of phenols is 1. The van der Waals surface area contributed by atoms with Gasteiger partial charge in [-0.15, -0.1) is 0 Å². The highest BCUT2D eigenvalue weighted by molar-refractivity contribution is 5.91. The largest absolute Gasteiger partial charge is 0.508 e. The Kier molecular flexibility index (Phi) is 4.11. The molecule has 0 amide bonds. The zero-order chi connectivity index (χ0) is 13.9. The zero-order valence-corrected chi connectivity index (χ0v) is 11.1. The fourth-order valence-corrected chi connectivity index (χ4v) is 1.23. The van der Waals surface area contributed by atoms with Gasteiger partial charge in [0.05, 0.1) is 11.3 Å². The van der Waals surface area contributed by atoms with Crippen molar-refractivity contribution < 1.29 is 19.4 Å². The minimum atomic E-state index is -0.704. The molecule has 0 aliphatic rings. The summed E-state index contributed by atoms with van der Waals surface area (Å²) >= 11 is 0. The number of carbonyl (C=O) groups is 2. The van der Waals surface area contributed by atoms with E-state index in [4.69, 9.17) is 9.84 Å². The van der Waals surface area contributed by atoms with E-state index >= 15 is 0 Å². The smallest absolute Gasteiger partial charge is 0.320 e. The van der Waals surface area contributed by atoms with Crippen LogP contribution in [0.4, 0.5) is 0 Å². The molecule has 0 fully saturated rings. The molecule has 0 aromatic heterocycles. The average molecular weight is 250 g/mol. The third-order valence-corrected chi connectivity index (χ3v) is 2.55. The first-order chi connectivity index (χ1) is 8.21. The monoisotopic (exact) mass is 250 g/mol. The van der Waals surface area contributed by atoms with Gasteiger partial charge in [-0.2, -0.15) is 0 Å².